The molecule has 7 nitrogen and oxygen atoms in total. The minimum absolute atomic E-state index is 0.0753. The molecule has 2 aliphatic rings. The monoisotopic (exact) mass is 435 g/mol. The number of amides is 1. The topological polar surface area (TPSA) is 93.2 Å². The van der Waals surface area contributed by atoms with E-state index < -0.39 is 0 Å². The number of pyridine rings is 1. The lowest BCUT2D eigenvalue weighted by atomic mass is 9.96. The molecule has 0 spiro atoms. The van der Waals surface area contributed by atoms with Crippen molar-refractivity contribution in [2.75, 3.05) is 31.1 Å². The SMILES string of the molecule is N#Cc1ccc(-c2cncc3c2OCCN3C(=O)C2CN(Cc3cccc(C#N)c3)C2)cc1. The maximum Gasteiger partial charge on any atom is 0.232 e. The van der Waals surface area contributed by atoms with Crippen molar-refractivity contribution in [3.05, 3.63) is 77.6 Å². The average Bonchev–Trinajstić information content (AvgIpc) is 2.85. The number of benzene rings is 2. The molecule has 3 heterocycles. The van der Waals surface area contributed by atoms with Gasteiger partial charge in [-0.25, -0.2) is 0 Å². The van der Waals surface area contributed by atoms with Gasteiger partial charge in [-0.15, -0.1) is 0 Å². The van der Waals surface area contributed by atoms with Gasteiger partial charge in [-0.05, 0) is 35.4 Å². The first kappa shape index (κ1) is 20.7. The Kier molecular flexibility index (Phi) is 5.48. The first-order valence-corrected chi connectivity index (χ1v) is 10.8. The van der Waals surface area contributed by atoms with E-state index in [0.717, 1.165) is 23.2 Å². The lowest BCUT2D eigenvalue weighted by molar-refractivity contribution is -0.128. The Morgan fingerprint density at radius 2 is 1.85 bits per heavy atom. The maximum absolute atomic E-state index is 13.3. The van der Waals surface area contributed by atoms with Crippen molar-refractivity contribution < 1.29 is 9.53 Å². The van der Waals surface area contributed by atoms with Gasteiger partial charge in [0.15, 0.2) is 5.75 Å². The summed E-state index contributed by atoms with van der Waals surface area (Å²) in [5.41, 5.74) is 4.70. The highest BCUT2D eigenvalue weighted by Crippen LogP contribution is 2.40. The summed E-state index contributed by atoms with van der Waals surface area (Å²) in [7, 11) is 0. The molecule has 0 atom stereocenters. The van der Waals surface area contributed by atoms with Crippen molar-refractivity contribution in [1.29, 1.82) is 10.5 Å². The van der Waals surface area contributed by atoms with Crippen LogP contribution in [0.3, 0.4) is 0 Å². The molecule has 3 aromatic rings. The van der Waals surface area contributed by atoms with Crippen LogP contribution >= 0.6 is 0 Å². The number of aromatic nitrogens is 1. The zero-order chi connectivity index (χ0) is 22.8. The second-order valence-corrected chi connectivity index (χ2v) is 8.27. The predicted octanol–water partition coefficient (Wildman–Crippen LogP) is 3.35. The highest BCUT2D eigenvalue weighted by atomic mass is 16.5. The molecule has 33 heavy (non-hydrogen) atoms. The number of ether oxygens (including phenoxy) is 1. The number of hydrogen-bond acceptors (Lipinski definition) is 6. The fourth-order valence-electron chi connectivity index (χ4n) is 4.37. The van der Waals surface area contributed by atoms with Crippen molar-refractivity contribution in [2.45, 2.75) is 6.54 Å². The summed E-state index contributed by atoms with van der Waals surface area (Å²) in [6.45, 7) is 3.01. The second kappa shape index (κ2) is 8.74. The Morgan fingerprint density at radius 3 is 2.61 bits per heavy atom. The largest absolute Gasteiger partial charge is 0.489 e. The molecule has 2 aromatic carbocycles. The quantitative estimate of drug-likeness (QED) is 0.624. The number of rotatable bonds is 4. The molecule has 0 bridgehead atoms. The number of nitriles is 2. The smallest absolute Gasteiger partial charge is 0.232 e. The van der Waals surface area contributed by atoms with E-state index in [4.69, 9.17) is 15.3 Å². The molecule has 1 saturated heterocycles. The van der Waals surface area contributed by atoms with Gasteiger partial charge >= 0.3 is 0 Å². The lowest BCUT2D eigenvalue weighted by Gasteiger charge is -2.41. The minimum atomic E-state index is -0.0753. The predicted molar refractivity (Wildman–Crippen MR) is 122 cm³/mol. The summed E-state index contributed by atoms with van der Waals surface area (Å²) in [4.78, 5) is 21.7. The Labute approximate surface area is 192 Å². The Bertz CT molecular complexity index is 1280. The highest BCUT2D eigenvalue weighted by Gasteiger charge is 2.38. The molecule has 0 aliphatic carbocycles. The zero-order valence-electron chi connectivity index (χ0n) is 17.9. The van der Waals surface area contributed by atoms with Gasteiger partial charge in [0.05, 0.1) is 41.9 Å². The van der Waals surface area contributed by atoms with Gasteiger partial charge in [0, 0.05) is 31.4 Å². The zero-order valence-corrected chi connectivity index (χ0v) is 17.9. The van der Waals surface area contributed by atoms with Crippen LogP contribution in [0.2, 0.25) is 0 Å². The summed E-state index contributed by atoms with van der Waals surface area (Å²) in [5, 5.41) is 18.1. The molecule has 1 aromatic heterocycles. The minimum Gasteiger partial charge on any atom is -0.489 e. The Hall–Kier alpha value is -4.20. The van der Waals surface area contributed by atoms with Crippen LogP contribution < -0.4 is 9.64 Å². The van der Waals surface area contributed by atoms with Crippen LogP contribution in [0, 0.1) is 28.6 Å². The lowest BCUT2D eigenvalue weighted by Crippen LogP contribution is -2.55. The third kappa shape index (κ3) is 4.03. The summed E-state index contributed by atoms with van der Waals surface area (Å²) in [5.74, 6) is 0.660. The molecule has 2 aliphatic heterocycles. The van der Waals surface area contributed by atoms with Crippen molar-refractivity contribution in [3.63, 3.8) is 0 Å². The fraction of sp³-hybridized carbons (Fsp3) is 0.231. The van der Waals surface area contributed by atoms with Gasteiger partial charge in [-0.3, -0.25) is 14.7 Å². The first-order valence-electron chi connectivity index (χ1n) is 10.8. The van der Waals surface area contributed by atoms with E-state index in [1.165, 1.54) is 0 Å². The molecule has 1 amide bonds. The number of nitrogens with zero attached hydrogens (tertiary/aromatic N) is 5. The van der Waals surface area contributed by atoms with Crippen LogP contribution in [0.1, 0.15) is 16.7 Å². The second-order valence-electron chi connectivity index (χ2n) is 8.27. The van der Waals surface area contributed by atoms with E-state index >= 15 is 0 Å². The number of carbonyl (C=O) groups is 1. The van der Waals surface area contributed by atoms with E-state index in [1.54, 1.807) is 35.5 Å². The van der Waals surface area contributed by atoms with Crippen LogP contribution in [0.25, 0.3) is 11.1 Å². The van der Waals surface area contributed by atoms with Gasteiger partial charge in [-0.2, -0.15) is 10.5 Å². The fourth-order valence-corrected chi connectivity index (χ4v) is 4.37. The van der Waals surface area contributed by atoms with Gasteiger partial charge < -0.3 is 9.64 Å². The van der Waals surface area contributed by atoms with Crippen LogP contribution in [0.5, 0.6) is 5.75 Å². The van der Waals surface area contributed by atoms with Crippen molar-refractivity contribution >= 4 is 11.6 Å². The van der Waals surface area contributed by atoms with Crippen molar-refractivity contribution in [3.8, 4) is 29.0 Å². The first-order chi connectivity index (χ1) is 16.2. The average molecular weight is 435 g/mol. The molecule has 0 unspecified atom stereocenters. The molecular formula is C26H21N5O2. The van der Waals surface area contributed by atoms with E-state index in [0.29, 0.717) is 48.8 Å². The molecular weight excluding hydrogens is 414 g/mol. The Balaban J connectivity index is 1.30. The Morgan fingerprint density at radius 1 is 1.06 bits per heavy atom. The summed E-state index contributed by atoms with van der Waals surface area (Å²) in [6.07, 6.45) is 3.41. The number of hydrogen-bond donors (Lipinski definition) is 0. The molecule has 1 fully saturated rings. The van der Waals surface area contributed by atoms with Gasteiger partial charge in [0.2, 0.25) is 5.91 Å². The summed E-state index contributed by atoms with van der Waals surface area (Å²) in [6, 6.07) is 19.1. The number of fused-ring (bicyclic) bond motifs is 1. The van der Waals surface area contributed by atoms with Crippen molar-refractivity contribution in [1.82, 2.24) is 9.88 Å². The summed E-state index contributed by atoms with van der Waals surface area (Å²) < 4.78 is 5.96. The highest BCUT2D eigenvalue weighted by molar-refractivity contribution is 5.99. The van der Waals surface area contributed by atoms with E-state index in [1.807, 2.05) is 30.3 Å². The van der Waals surface area contributed by atoms with Gasteiger partial charge in [0.1, 0.15) is 12.3 Å². The van der Waals surface area contributed by atoms with E-state index in [9.17, 15) is 4.79 Å². The van der Waals surface area contributed by atoms with E-state index in [2.05, 4.69) is 22.0 Å². The van der Waals surface area contributed by atoms with Crippen LogP contribution in [-0.4, -0.2) is 42.0 Å². The number of likely N-dealkylation sites (tertiary alicyclic amines) is 1. The normalized spacial score (nSPS) is 15.5. The third-order valence-corrected chi connectivity index (χ3v) is 6.09. The standard InChI is InChI=1S/C26H21N5O2/c27-11-18-4-6-21(7-5-18)23-13-29-14-24-25(23)33-9-8-31(24)26(32)22-16-30(17-22)15-20-3-1-2-19(10-20)12-28/h1-7,10,13-14,22H,8-9,15-17H2. The van der Waals surface area contributed by atoms with E-state index in [-0.39, 0.29) is 11.8 Å². The molecule has 0 saturated carbocycles. The van der Waals surface area contributed by atoms with Crippen molar-refractivity contribution in [2.24, 2.45) is 5.92 Å². The molecule has 0 radical (unpaired) electrons. The number of carbonyl (C=O) groups excluding carboxylic acids is 1. The van der Waals surface area contributed by atoms with Gasteiger partial charge in [0.25, 0.3) is 0 Å². The van der Waals surface area contributed by atoms with Crippen LogP contribution in [0.4, 0.5) is 5.69 Å². The maximum atomic E-state index is 13.3. The summed E-state index contributed by atoms with van der Waals surface area (Å²) >= 11 is 0. The van der Waals surface area contributed by atoms with Gasteiger partial charge in [-0.1, -0.05) is 24.3 Å². The van der Waals surface area contributed by atoms with Crippen LogP contribution in [-0.2, 0) is 11.3 Å². The number of anilines is 1. The molecule has 0 N–H and O–H groups in total. The van der Waals surface area contributed by atoms with Crippen LogP contribution in [0.15, 0.2) is 60.9 Å². The molecule has 7 heteroatoms. The molecule has 5 rings (SSSR count). The third-order valence-electron chi connectivity index (χ3n) is 6.09. The molecule has 162 valence electrons.